The first kappa shape index (κ1) is 13.4. The summed E-state index contributed by atoms with van der Waals surface area (Å²) in [5.41, 5.74) is 0. The predicted octanol–water partition coefficient (Wildman–Crippen LogP) is 2.77. The topological polar surface area (TPSA) is 51.5 Å². The van der Waals surface area contributed by atoms with Crippen LogP contribution in [0.5, 0.6) is 5.75 Å². The van der Waals surface area contributed by atoms with Gasteiger partial charge < -0.3 is 14.5 Å². The van der Waals surface area contributed by atoms with Gasteiger partial charge in [-0.25, -0.2) is 4.39 Å². The second-order valence-electron chi connectivity index (χ2n) is 3.72. The summed E-state index contributed by atoms with van der Waals surface area (Å²) in [6.45, 7) is 0.0818. The molecule has 0 radical (unpaired) electrons. The van der Waals surface area contributed by atoms with E-state index in [2.05, 4.69) is 5.32 Å². The zero-order chi connectivity index (χ0) is 13.7. The Morgan fingerprint density at radius 1 is 1.42 bits per heavy atom. The fraction of sp³-hybridized carbons (Fsp3) is 0.154. The Labute approximate surface area is 114 Å². The SMILES string of the molecule is O=C(COc1ccc(F)cc1Cl)NCc1ccco1. The number of hydrogen-bond acceptors (Lipinski definition) is 3. The van der Waals surface area contributed by atoms with Crippen LogP contribution in [0, 0.1) is 5.82 Å². The number of carbonyl (C=O) groups excluding carboxylic acids is 1. The lowest BCUT2D eigenvalue weighted by Gasteiger charge is -2.08. The number of carbonyl (C=O) groups is 1. The largest absolute Gasteiger partial charge is 0.482 e. The first-order chi connectivity index (χ1) is 9.15. The molecule has 2 aromatic rings. The van der Waals surface area contributed by atoms with Gasteiger partial charge in [0, 0.05) is 0 Å². The van der Waals surface area contributed by atoms with Crippen molar-refractivity contribution in [1.29, 1.82) is 0 Å². The Bertz CT molecular complexity index is 557. The molecule has 1 aromatic carbocycles. The average molecular weight is 284 g/mol. The first-order valence-corrected chi connectivity index (χ1v) is 5.90. The number of halogens is 2. The van der Waals surface area contributed by atoms with Gasteiger partial charge in [0.15, 0.2) is 6.61 Å². The number of ether oxygens (including phenoxy) is 1. The summed E-state index contributed by atoms with van der Waals surface area (Å²) in [5, 5.41) is 2.74. The van der Waals surface area contributed by atoms with Gasteiger partial charge in [-0.3, -0.25) is 4.79 Å². The minimum Gasteiger partial charge on any atom is -0.482 e. The molecule has 0 aliphatic carbocycles. The van der Waals surface area contributed by atoms with Crippen LogP contribution < -0.4 is 10.1 Å². The van der Waals surface area contributed by atoms with Crippen LogP contribution in [-0.2, 0) is 11.3 Å². The second-order valence-corrected chi connectivity index (χ2v) is 4.13. The molecule has 0 spiro atoms. The maximum absolute atomic E-state index is 12.8. The van der Waals surface area contributed by atoms with E-state index in [1.165, 1.54) is 18.4 Å². The van der Waals surface area contributed by atoms with Crippen molar-refractivity contribution in [2.45, 2.75) is 6.54 Å². The van der Waals surface area contributed by atoms with Gasteiger partial charge >= 0.3 is 0 Å². The minimum atomic E-state index is -0.459. The molecule has 2 rings (SSSR count). The number of furan rings is 1. The fourth-order valence-corrected chi connectivity index (χ4v) is 1.61. The molecule has 1 N–H and O–H groups in total. The Balaban J connectivity index is 1.80. The van der Waals surface area contributed by atoms with Crippen molar-refractivity contribution in [2.75, 3.05) is 6.61 Å². The molecule has 6 heteroatoms. The molecule has 0 atom stereocenters. The zero-order valence-electron chi connectivity index (χ0n) is 9.86. The molecule has 1 heterocycles. The summed E-state index contributed by atoms with van der Waals surface area (Å²) in [5.74, 6) is 0.126. The lowest BCUT2D eigenvalue weighted by Crippen LogP contribution is -2.28. The maximum atomic E-state index is 12.8. The molecule has 0 aliphatic rings. The molecule has 0 unspecified atom stereocenters. The average Bonchev–Trinajstić information content (AvgIpc) is 2.88. The molecule has 0 saturated heterocycles. The number of rotatable bonds is 5. The van der Waals surface area contributed by atoms with E-state index in [1.54, 1.807) is 12.1 Å². The second kappa shape index (κ2) is 6.24. The van der Waals surface area contributed by atoms with Crippen LogP contribution in [0.3, 0.4) is 0 Å². The van der Waals surface area contributed by atoms with Crippen LogP contribution in [0.25, 0.3) is 0 Å². The molecular formula is C13H11ClFNO3. The predicted molar refractivity (Wildman–Crippen MR) is 67.5 cm³/mol. The van der Waals surface area contributed by atoms with Crippen molar-refractivity contribution in [2.24, 2.45) is 0 Å². The molecule has 0 fully saturated rings. The third kappa shape index (κ3) is 3.99. The summed E-state index contributed by atoms with van der Waals surface area (Å²) in [4.78, 5) is 11.5. The summed E-state index contributed by atoms with van der Waals surface area (Å²) in [6.07, 6.45) is 1.52. The minimum absolute atomic E-state index is 0.124. The van der Waals surface area contributed by atoms with Crippen LogP contribution in [0.15, 0.2) is 41.0 Å². The third-order valence-corrected chi connectivity index (χ3v) is 2.59. The molecule has 100 valence electrons. The van der Waals surface area contributed by atoms with Crippen LogP contribution in [0.4, 0.5) is 4.39 Å². The third-order valence-electron chi connectivity index (χ3n) is 2.29. The standard InChI is InChI=1S/C13H11ClFNO3/c14-11-6-9(15)3-4-12(11)19-8-13(17)16-7-10-2-1-5-18-10/h1-6H,7-8H2,(H,16,17). The van der Waals surface area contributed by atoms with Crippen molar-refractivity contribution in [1.82, 2.24) is 5.32 Å². The van der Waals surface area contributed by atoms with Gasteiger partial charge in [-0.05, 0) is 30.3 Å². The Morgan fingerprint density at radius 3 is 2.95 bits per heavy atom. The molecule has 0 saturated carbocycles. The number of amides is 1. The molecule has 0 aliphatic heterocycles. The smallest absolute Gasteiger partial charge is 0.258 e. The normalized spacial score (nSPS) is 10.2. The Hall–Kier alpha value is -2.01. The summed E-state index contributed by atoms with van der Waals surface area (Å²) >= 11 is 5.76. The first-order valence-electron chi connectivity index (χ1n) is 5.52. The van der Waals surface area contributed by atoms with E-state index in [-0.39, 0.29) is 29.8 Å². The van der Waals surface area contributed by atoms with E-state index in [4.69, 9.17) is 20.8 Å². The van der Waals surface area contributed by atoms with Gasteiger partial charge in [0.2, 0.25) is 0 Å². The molecule has 0 bridgehead atoms. The van der Waals surface area contributed by atoms with Gasteiger partial charge in [-0.2, -0.15) is 0 Å². The molecular weight excluding hydrogens is 273 g/mol. The highest BCUT2D eigenvalue weighted by atomic mass is 35.5. The van der Waals surface area contributed by atoms with Crippen molar-refractivity contribution in [3.05, 3.63) is 53.2 Å². The molecule has 4 nitrogen and oxygen atoms in total. The van der Waals surface area contributed by atoms with E-state index in [0.717, 1.165) is 6.07 Å². The van der Waals surface area contributed by atoms with Gasteiger partial charge in [-0.15, -0.1) is 0 Å². The number of hydrogen-bond donors (Lipinski definition) is 1. The quantitative estimate of drug-likeness (QED) is 0.918. The van der Waals surface area contributed by atoms with Crippen molar-refractivity contribution >= 4 is 17.5 Å². The van der Waals surface area contributed by atoms with Crippen LogP contribution in [-0.4, -0.2) is 12.5 Å². The highest BCUT2D eigenvalue weighted by molar-refractivity contribution is 6.32. The lowest BCUT2D eigenvalue weighted by molar-refractivity contribution is -0.123. The van der Waals surface area contributed by atoms with Crippen molar-refractivity contribution in [3.8, 4) is 5.75 Å². The van der Waals surface area contributed by atoms with Gasteiger partial charge in [0.25, 0.3) is 5.91 Å². The Morgan fingerprint density at radius 2 is 2.26 bits per heavy atom. The zero-order valence-corrected chi connectivity index (χ0v) is 10.6. The van der Waals surface area contributed by atoms with Crippen LogP contribution in [0.2, 0.25) is 5.02 Å². The molecule has 1 aromatic heterocycles. The highest BCUT2D eigenvalue weighted by Gasteiger charge is 2.07. The van der Waals surface area contributed by atoms with Gasteiger partial charge in [0.1, 0.15) is 17.3 Å². The monoisotopic (exact) mass is 283 g/mol. The van der Waals surface area contributed by atoms with E-state index in [9.17, 15) is 9.18 Å². The van der Waals surface area contributed by atoms with Gasteiger partial charge in [-0.1, -0.05) is 11.6 Å². The van der Waals surface area contributed by atoms with E-state index in [0.29, 0.717) is 5.76 Å². The van der Waals surface area contributed by atoms with E-state index < -0.39 is 5.82 Å². The molecule has 1 amide bonds. The van der Waals surface area contributed by atoms with Crippen LogP contribution >= 0.6 is 11.6 Å². The summed E-state index contributed by atoms with van der Waals surface area (Å²) < 4.78 is 23.0. The number of benzene rings is 1. The highest BCUT2D eigenvalue weighted by Crippen LogP contribution is 2.24. The number of nitrogens with one attached hydrogen (secondary N) is 1. The van der Waals surface area contributed by atoms with E-state index >= 15 is 0 Å². The Kier molecular flexibility index (Phi) is 4.41. The van der Waals surface area contributed by atoms with Gasteiger partial charge in [0.05, 0.1) is 17.8 Å². The summed E-state index contributed by atoms with van der Waals surface area (Å²) in [7, 11) is 0. The van der Waals surface area contributed by atoms with Crippen molar-refractivity contribution in [3.63, 3.8) is 0 Å². The summed E-state index contributed by atoms with van der Waals surface area (Å²) in [6, 6.07) is 7.19. The van der Waals surface area contributed by atoms with Crippen LogP contribution in [0.1, 0.15) is 5.76 Å². The van der Waals surface area contributed by atoms with Crippen molar-refractivity contribution < 1.29 is 18.3 Å². The lowest BCUT2D eigenvalue weighted by atomic mass is 10.3. The maximum Gasteiger partial charge on any atom is 0.258 e. The van der Waals surface area contributed by atoms with E-state index in [1.807, 2.05) is 0 Å². The fourth-order valence-electron chi connectivity index (χ4n) is 1.39. The molecule has 19 heavy (non-hydrogen) atoms.